The minimum Gasteiger partial charge on any atom is -0.367 e. The fourth-order valence-corrected chi connectivity index (χ4v) is 3.78. The van der Waals surface area contributed by atoms with Crippen LogP contribution in [0.4, 0.5) is 0 Å². The van der Waals surface area contributed by atoms with Gasteiger partial charge in [0.05, 0.1) is 17.9 Å². The van der Waals surface area contributed by atoms with Crippen molar-refractivity contribution < 1.29 is 0 Å². The number of nitrogens with one attached hydrogen (secondary N) is 2. The molecule has 0 aromatic carbocycles. The third kappa shape index (κ3) is 4.43. The van der Waals surface area contributed by atoms with E-state index in [-0.39, 0.29) is 0 Å². The summed E-state index contributed by atoms with van der Waals surface area (Å²) in [7, 11) is 0. The highest BCUT2D eigenvalue weighted by Gasteiger charge is 2.40. The van der Waals surface area contributed by atoms with E-state index >= 15 is 0 Å². The highest BCUT2D eigenvalue weighted by Crippen LogP contribution is 2.33. The van der Waals surface area contributed by atoms with Crippen molar-refractivity contribution in [1.82, 2.24) is 10.6 Å². The van der Waals surface area contributed by atoms with Crippen LogP contribution in [0.15, 0.2) is 12.4 Å². The van der Waals surface area contributed by atoms with Crippen LogP contribution in [-0.4, -0.2) is 29.6 Å². The minimum absolute atomic E-state index is 0.602. The van der Waals surface area contributed by atoms with Crippen molar-refractivity contribution in [1.29, 1.82) is 0 Å². The molecule has 0 unspecified atom stereocenters. The van der Waals surface area contributed by atoms with Gasteiger partial charge in [-0.05, 0) is 19.4 Å². The molecule has 0 aliphatic carbocycles. The van der Waals surface area contributed by atoms with Gasteiger partial charge in [0.25, 0.3) is 0 Å². The SMILES string of the molecule is C=C1N[C@H]2[C@H](CS[C@H]2CCCCN)N1.CCC. The van der Waals surface area contributed by atoms with Gasteiger partial charge in [0.15, 0.2) is 0 Å². The summed E-state index contributed by atoms with van der Waals surface area (Å²) in [6.07, 6.45) is 4.94. The third-order valence-corrected chi connectivity index (χ3v) is 4.48. The molecule has 3 atom stereocenters. The van der Waals surface area contributed by atoms with Crippen LogP contribution < -0.4 is 16.4 Å². The Hall–Kier alpha value is -0.350. The first-order chi connectivity index (χ1) is 8.22. The van der Waals surface area contributed by atoms with Gasteiger partial charge in [0, 0.05) is 11.0 Å². The summed E-state index contributed by atoms with van der Waals surface area (Å²) in [5.41, 5.74) is 5.49. The van der Waals surface area contributed by atoms with Crippen LogP contribution in [0.1, 0.15) is 39.5 Å². The van der Waals surface area contributed by atoms with Crippen LogP contribution in [0.25, 0.3) is 0 Å². The molecule has 2 saturated heterocycles. The van der Waals surface area contributed by atoms with Crippen molar-refractivity contribution in [3.8, 4) is 0 Å². The number of hydrogen-bond acceptors (Lipinski definition) is 4. The van der Waals surface area contributed by atoms with E-state index in [1.54, 1.807) is 0 Å². The van der Waals surface area contributed by atoms with E-state index in [1.165, 1.54) is 25.0 Å². The Balaban J connectivity index is 0.000000437. The monoisotopic (exact) mass is 257 g/mol. The van der Waals surface area contributed by atoms with Crippen molar-refractivity contribution in [2.75, 3.05) is 12.3 Å². The molecule has 2 aliphatic heterocycles. The van der Waals surface area contributed by atoms with E-state index in [9.17, 15) is 0 Å². The molecular weight excluding hydrogens is 230 g/mol. The molecule has 0 aromatic rings. The molecule has 0 amide bonds. The number of rotatable bonds is 4. The number of fused-ring (bicyclic) bond motifs is 1. The smallest absolute Gasteiger partial charge is 0.0918 e. The maximum absolute atomic E-state index is 5.49. The van der Waals surface area contributed by atoms with Crippen LogP contribution in [0.5, 0.6) is 0 Å². The second-order valence-electron chi connectivity index (χ2n) is 4.76. The predicted octanol–water partition coefficient (Wildman–Crippen LogP) is 2.05. The van der Waals surface area contributed by atoms with Crippen LogP contribution in [0.2, 0.25) is 0 Å². The minimum atomic E-state index is 0.602. The molecule has 0 bridgehead atoms. The van der Waals surface area contributed by atoms with Crippen LogP contribution in [0, 0.1) is 0 Å². The predicted molar refractivity (Wildman–Crippen MR) is 78.1 cm³/mol. The summed E-state index contributed by atoms with van der Waals surface area (Å²) >= 11 is 2.08. The van der Waals surface area contributed by atoms with Crippen molar-refractivity contribution in [3.63, 3.8) is 0 Å². The average Bonchev–Trinajstić information content (AvgIpc) is 2.80. The van der Waals surface area contributed by atoms with Crippen molar-refractivity contribution in [3.05, 3.63) is 12.4 Å². The van der Waals surface area contributed by atoms with Crippen LogP contribution in [-0.2, 0) is 0 Å². The summed E-state index contributed by atoms with van der Waals surface area (Å²) < 4.78 is 0. The van der Waals surface area contributed by atoms with E-state index in [0.717, 1.165) is 24.0 Å². The second kappa shape index (κ2) is 7.88. The maximum atomic E-state index is 5.49. The summed E-state index contributed by atoms with van der Waals surface area (Å²) in [5.74, 6) is 2.22. The first-order valence-electron chi connectivity index (χ1n) is 6.76. The fourth-order valence-electron chi connectivity index (χ4n) is 2.24. The Morgan fingerprint density at radius 3 is 2.71 bits per heavy atom. The van der Waals surface area contributed by atoms with E-state index in [4.69, 9.17) is 5.73 Å². The number of thioether (sulfide) groups is 1. The van der Waals surface area contributed by atoms with Gasteiger partial charge in [-0.2, -0.15) is 11.8 Å². The zero-order valence-corrected chi connectivity index (χ0v) is 12.0. The van der Waals surface area contributed by atoms with Gasteiger partial charge >= 0.3 is 0 Å². The van der Waals surface area contributed by atoms with E-state index in [1.807, 2.05) is 0 Å². The first-order valence-corrected chi connectivity index (χ1v) is 7.81. The summed E-state index contributed by atoms with van der Waals surface area (Å²) in [6, 6.07) is 1.21. The van der Waals surface area contributed by atoms with Gasteiger partial charge in [-0.25, -0.2) is 0 Å². The zero-order chi connectivity index (χ0) is 12.7. The Morgan fingerprint density at radius 2 is 2.06 bits per heavy atom. The van der Waals surface area contributed by atoms with Gasteiger partial charge in [-0.1, -0.05) is 33.3 Å². The molecule has 0 aromatic heterocycles. The molecule has 100 valence electrons. The average molecular weight is 257 g/mol. The Bertz CT molecular complexity index is 233. The Kier molecular flexibility index (Phi) is 6.82. The molecule has 3 nitrogen and oxygen atoms in total. The van der Waals surface area contributed by atoms with Crippen molar-refractivity contribution >= 4 is 11.8 Å². The largest absolute Gasteiger partial charge is 0.367 e. The Morgan fingerprint density at radius 1 is 1.35 bits per heavy atom. The van der Waals surface area contributed by atoms with Crippen molar-refractivity contribution in [2.24, 2.45) is 5.73 Å². The van der Waals surface area contributed by atoms with Gasteiger partial charge in [-0.15, -0.1) is 0 Å². The third-order valence-electron chi connectivity index (χ3n) is 2.97. The lowest BCUT2D eigenvalue weighted by atomic mass is 10.0. The first kappa shape index (κ1) is 14.7. The molecule has 0 radical (unpaired) electrons. The molecule has 0 spiro atoms. The van der Waals surface area contributed by atoms with Gasteiger partial charge in [0.2, 0.25) is 0 Å². The highest BCUT2D eigenvalue weighted by atomic mass is 32.2. The number of nitrogens with two attached hydrogens (primary N) is 1. The van der Waals surface area contributed by atoms with Crippen LogP contribution >= 0.6 is 11.8 Å². The molecule has 17 heavy (non-hydrogen) atoms. The second-order valence-corrected chi connectivity index (χ2v) is 6.04. The molecular formula is C13H27N3S. The molecule has 2 rings (SSSR count). The summed E-state index contributed by atoms with van der Waals surface area (Å²) in [6.45, 7) is 8.99. The van der Waals surface area contributed by atoms with Gasteiger partial charge in [0.1, 0.15) is 0 Å². The van der Waals surface area contributed by atoms with Crippen molar-refractivity contribution in [2.45, 2.75) is 56.9 Å². The number of hydrogen-bond donors (Lipinski definition) is 3. The standard InChI is InChI=1S/C10H19N3S.C3H8/c1-7-12-8-6-14-9(10(8)13-7)4-2-3-5-11;1-3-2/h8-10,12-13H,1-6,11H2;3H2,1-2H3/t8-,9-,10-;/m0./s1. The quantitative estimate of drug-likeness (QED) is 0.675. The fraction of sp³-hybridized carbons (Fsp3) is 0.846. The van der Waals surface area contributed by atoms with Crippen LogP contribution in [0.3, 0.4) is 0 Å². The topological polar surface area (TPSA) is 50.1 Å². The normalized spacial score (nSPS) is 30.1. The maximum Gasteiger partial charge on any atom is 0.0918 e. The zero-order valence-electron chi connectivity index (χ0n) is 11.2. The molecule has 4 N–H and O–H groups in total. The van der Waals surface area contributed by atoms with Gasteiger partial charge in [-0.3, -0.25) is 0 Å². The Labute approximate surface area is 110 Å². The van der Waals surface area contributed by atoms with Gasteiger partial charge < -0.3 is 16.4 Å². The molecule has 4 heteroatoms. The molecule has 0 saturated carbocycles. The number of unbranched alkanes of at least 4 members (excludes halogenated alkanes) is 1. The summed E-state index contributed by atoms with van der Waals surface area (Å²) in [5, 5.41) is 7.57. The van der Waals surface area contributed by atoms with E-state index in [0.29, 0.717) is 12.1 Å². The lowest BCUT2D eigenvalue weighted by molar-refractivity contribution is 0.517. The van der Waals surface area contributed by atoms with E-state index < -0.39 is 0 Å². The molecule has 2 aliphatic rings. The summed E-state index contributed by atoms with van der Waals surface area (Å²) in [4.78, 5) is 0. The van der Waals surface area contributed by atoms with E-state index in [2.05, 4.69) is 42.8 Å². The lowest BCUT2D eigenvalue weighted by Gasteiger charge is -2.16. The molecule has 2 fully saturated rings. The molecule has 2 heterocycles. The highest BCUT2D eigenvalue weighted by molar-refractivity contribution is 8.00. The lowest BCUT2D eigenvalue weighted by Crippen LogP contribution is -2.36.